The summed E-state index contributed by atoms with van der Waals surface area (Å²) in [5.74, 6) is -1.14. The Balaban J connectivity index is 0. The van der Waals surface area contributed by atoms with Crippen LogP contribution in [0, 0.1) is 0 Å². The average molecular weight is 451 g/mol. The van der Waals surface area contributed by atoms with Crippen molar-refractivity contribution in [2.75, 3.05) is 45.5 Å². The molecule has 1 heterocycles. The van der Waals surface area contributed by atoms with Gasteiger partial charge in [-0.2, -0.15) is 12.6 Å². The van der Waals surface area contributed by atoms with Gasteiger partial charge in [0, 0.05) is 38.4 Å². The van der Waals surface area contributed by atoms with Crippen LogP contribution in [-0.2, 0) is 9.59 Å². The summed E-state index contributed by atoms with van der Waals surface area (Å²) >= 11 is 3.90. The summed E-state index contributed by atoms with van der Waals surface area (Å²) < 4.78 is 0. The minimum atomic E-state index is -1.04. The van der Waals surface area contributed by atoms with E-state index in [4.69, 9.17) is 5.11 Å². The number of nitrogens with zero attached hydrogens (tertiary/aromatic N) is 2. The van der Waals surface area contributed by atoms with Crippen molar-refractivity contribution in [1.82, 2.24) is 15.1 Å². The molecule has 0 saturated carbocycles. The second-order valence-electron chi connectivity index (χ2n) is 4.89. The molecule has 1 saturated heterocycles. The molecule has 9 heteroatoms. The Morgan fingerprint density at radius 1 is 1.24 bits per heavy atom. The van der Waals surface area contributed by atoms with Gasteiger partial charge in [-0.3, -0.25) is 4.79 Å². The number of halogens is 2. The number of carboxylic acid groups (broad SMARTS) is 1. The van der Waals surface area contributed by atoms with Gasteiger partial charge in [0.1, 0.15) is 6.04 Å². The first-order valence-corrected chi connectivity index (χ1v) is 7.20. The topological polar surface area (TPSA) is 72.9 Å². The number of amides is 1. The number of thiol groups is 1. The third kappa shape index (κ3) is 9.72. The van der Waals surface area contributed by atoms with Crippen LogP contribution >= 0.6 is 46.6 Å². The molecule has 1 amide bonds. The molecule has 126 valence electrons. The Kier molecular flexibility index (Phi) is 14.2. The third-order valence-electron chi connectivity index (χ3n) is 3.29. The minimum absolute atomic E-state index is 0. The normalized spacial score (nSPS) is 17.2. The zero-order valence-corrected chi connectivity index (χ0v) is 16.5. The first kappa shape index (κ1) is 23.4. The van der Waals surface area contributed by atoms with E-state index in [9.17, 15) is 9.59 Å². The molecule has 0 unspecified atom stereocenters. The van der Waals surface area contributed by atoms with Gasteiger partial charge in [0.25, 0.3) is 0 Å². The minimum Gasteiger partial charge on any atom is -0.480 e. The van der Waals surface area contributed by atoms with Crippen LogP contribution in [0.4, 0.5) is 0 Å². The summed E-state index contributed by atoms with van der Waals surface area (Å²) in [5, 5.41) is 11.3. The number of carbonyl (C=O) groups is 2. The van der Waals surface area contributed by atoms with Gasteiger partial charge in [-0.25, -0.2) is 4.79 Å². The van der Waals surface area contributed by atoms with Crippen molar-refractivity contribution >= 4 is 58.5 Å². The predicted molar refractivity (Wildman–Crippen MR) is 97.2 cm³/mol. The molecule has 1 rings (SSSR count). The molecular formula is C12H25Br2N3O3S. The van der Waals surface area contributed by atoms with Crippen LogP contribution in [0.2, 0.25) is 0 Å². The summed E-state index contributed by atoms with van der Waals surface area (Å²) in [7, 11) is 2.11. The number of nitrogens with one attached hydrogen (secondary N) is 1. The van der Waals surface area contributed by atoms with Gasteiger partial charge in [-0.05, 0) is 20.0 Å². The van der Waals surface area contributed by atoms with Gasteiger partial charge in [0.2, 0.25) is 5.91 Å². The number of hydrogen-bond acceptors (Lipinski definition) is 5. The van der Waals surface area contributed by atoms with Gasteiger partial charge < -0.3 is 20.2 Å². The lowest BCUT2D eigenvalue weighted by Crippen LogP contribution is -2.45. The second kappa shape index (κ2) is 12.7. The van der Waals surface area contributed by atoms with E-state index in [1.807, 2.05) is 0 Å². The van der Waals surface area contributed by atoms with E-state index >= 15 is 0 Å². The van der Waals surface area contributed by atoms with Crippen molar-refractivity contribution in [2.45, 2.75) is 18.9 Å². The summed E-state index contributed by atoms with van der Waals surface area (Å²) in [6.45, 7) is 5.08. The van der Waals surface area contributed by atoms with Gasteiger partial charge in [-0.1, -0.05) is 0 Å². The van der Waals surface area contributed by atoms with E-state index in [1.165, 1.54) is 0 Å². The number of rotatable bonds is 7. The van der Waals surface area contributed by atoms with Crippen molar-refractivity contribution in [3.8, 4) is 0 Å². The Labute approximate surface area is 152 Å². The number of aliphatic carboxylic acids is 1. The highest BCUT2D eigenvalue weighted by Gasteiger charge is 2.18. The van der Waals surface area contributed by atoms with Crippen molar-refractivity contribution in [1.29, 1.82) is 0 Å². The first-order chi connectivity index (χ1) is 9.02. The highest BCUT2D eigenvalue weighted by atomic mass is 79.9. The molecule has 1 fully saturated rings. The standard InChI is InChI=1S/C12H23N3O3S.2BrH/c1-14-5-7-15(8-6-14)4-2-3-11(16)13-10(9-19)12(17)18;;/h10,19H,2-9H2,1H3,(H,13,16)(H,17,18);2*1H/t10-;;/m0../s1. The molecule has 0 bridgehead atoms. The lowest BCUT2D eigenvalue weighted by molar-refractivity contribution is -0.141. The van der Waals surface area contributed by atoms with Crippen LogP contribution < -0.4 is 5.32 Å². The molecule has 0 aromatic rings. The van der Waals surface area contributed by atoms with Crippen molar-refractivity contribution in [3.05, 3.63) is 0 Å². The van der Waals surface area contributed by atoms with E-state index in [-0.39, 0.29) is 45.6 Å². The second-order valence-corrected chi connectivity index (χ2v) is 5.25. The summed E-state index contributed by atoms with van der Waals surface area (Å²) in [6, 6.07) is -0.889. The van der Waals surface area contributed by atoms with Crippen LogP contribution in [0.3, 0.4) is 0 Å². The van der Waals surface area contributed by atoms with Crippen LogP contribution in [0.5, 0.6) is 0 Å². The number of hydrogen-bond donors (Lipinski definition) is 3. The predicted octanol–water partition coefficient (Wildman–Crippen LogP) is 0.669. The molecule has 0 spiro atoms. The molecule has 0 radical (unpaired) electrons. The van der Waals surface area contributed by atoms with Crippen LogP contribution in [-0.4, -0.2) is 78.3 Å². The molecule has 1 atom stereocenters. The third-order valence-corrected chi connectivity index (χ3v) is 3.66. The van der Waals surface area contributed by atoms with Crippen LogP contribution in [0.15, 0.2) is 0 Å². The van der Waals surface area contributed by atoms with E-state index < -0.39 is 12.0 Å². The van der Waals surface area contributed by atoms with Crippen molar-refractivity contribution < 1.29 is 14.7 Å². The molecule has 0 aromatic heterocycles. The molecule has 0 aliphatic carbocycles. The Morgan fingerprint density at radius 3 is 2.29 bits per heavy atom. The molecule has 21 heavy (non-hydrogen) atoms. The zero-order chi connectivity index (χ0) is 14.3. The molecular weight excluding hydrogens is 426 g/mol. The van der Waals surface area contributed by atoms with Gasteiger partial charge in [0.05, 0.1) is 0 Å². The van der Waals surface area contributed by atoms with Crippen molar-refractivity contribution in [3.63, 3.8) is 0 Å². The summed E-state index contributed by atoms with van der Waals surface area (Å²) in [5.41, 5.74) is 0. The fraction of sp³-hybridized carbons (Fsp3) is 0.833. The quantitative estimate of drug-likeness (QED) is 0.497. The van der Waals surface area contributed by atoms with E-state index in [1.54, 1.807) is 0 Å². The monoisotopic (exact) mass is 449 g/mol. The lowest BCUT2D eigenvalue weighted by atomic mass is 10.2. The first-order valence-electron chi connectivity index (χ1n) is 6.57. The zero-order valence-electron chi connectivity index (χ0n) is 12.2. The number of piperazine rings is 1. The maximum absolute atomic E-state index is 11.6. The Bertz CT molecular complexity index is 316. The molecule has 2 N–H and O–H groups in total. The molecule has 0 aromatic carbocycles. The number of carboxylic acids is 1. The number of carbonyl (C=O) groups excluding carboxylic acids is 1. The van der Waals surface area contributed by atoms with Gasteiger partial charge >= 0.3 is 5.97 Å². The highest BCUT2D eigenvalue weighted by Crippen LogP contribution is 2.02. The van der Waals surface area contributed by atoms with Crippen molar-refractivity contribution in [2.24, 2.45) is 0 Å². The largest absolute Gasteiger partial charge is 0.480 e. The van der Waals surface area contributed by atoms with Crippen LogP contribution in [0.1, 0.15) is 12.8 Å². The van der Waals surface area contributed by atoms with E-state index in [2.05, 4.69) is 34.8 Å². The fourth-order valence-electron chi connectivity index (χ4n) is 1.99. The van der Waals surface area contributed by atoms with E-state index in [0.717, 1.165) is 39.1 Å². The molecule has 1 aliphatic heterocycles. The smallest absolute Gasteiger partial charge is 0.327 e. The number of likely N-dealkylation sites (N-methyl/N-ethyl adjacent to an activating group) is 1. The van der Waals surface area contributed by atoms with Crippen LogP contribution in [0.25, 0.3) is 0 Å². The molecule has 6 nitrogen and oxygen atoms in total. The summed E-state index contributed by atoms with van der Waals surface area (Å²) in [6.07, 6.45) is 1.12. The van der Waals surface area contributed by atoms with Gasteiger partial charge in [-0.15, -0.1) is 34.0 Å². The maximum atomic E-state index is 11.6. The Hall–Kier alpha value is 0.170. The lowest BCUT2D eigenvalue weighted by Gasteiger charge is -2.32. The Morgan fingerprint density at radius 2 is 1.81 bits per heavy atom. The van der Waals surface area contributed by atoms with Gasteiger partial charge in [0.15, 0.2) is 0 Å². The maximum Gasteiger partial charge on any atom is 0.327 e. The fourth-order valence-corrected chi connectivity index (χ4v) is 2.23. The highest BCUT2D eigenvalue weighted by molar-refractivity contribution is 8.93. The van der Waals surface area contributed by atoms with E-state index in [0.29, 0.717) is 6.42 Å². The average Bonchev–Trinajstić information content (AvgIpc) is 2.38. The molecule has 1 aliphatic rings. The SMILES string of the molecule is Br.Br.CN1CCN(CCCC(=O)N[C@@H](CS)C(=O)O)CC1. The summed E-state index contributed by atoms with van der Waals surface area (Å²) in [4.78, 5) is 26.9.